The molecule has 4 aromatic rings. The molecule has 0 atom stereocenters. The van der Waals surface area contributed by atoms with Gasteiger partial charge in [0.25, 0.3) is 5.91 Å². The second kappa shape index (κ2) is 6.80. The molecule has 0 saturated carbocycles. The van der Waals surface area contributed by atoms with Gasteiger partial charge < -0.3 is 9.73 Å². The Bertz CT molecular complexity index is 1140. The third-order valence-electron chi connectivity index (χ3n) is 4.05. The van der Waals surface area contributed by atoms with Crippen LogP contribution in [0.1, 0.15) is 15.9 Å². The van der Waals surface area contributed by atoms with E-state index in [1.54, 1.807) is 42.7 Å². The third-order valence-corrected chi connectivity index (χ3v) is 4.05. The minimum atomic E-state index is -4.45. The summed E-state index contributed by atoms with van der Waals surface area (Å²) in [6, 6.07) is 12.5. The molecule has 28 heavy (non-hydrogen) atoms. The third kappa shape index (κ3) is 3.57. The smallest absolute Gasteiger partial charge is 0.416 e. The summed E-state index contributed by atoms with van der Waals surface area (Å²) in [6.45, 7) is 0. The van der Waals surface area contributed by atoms with Crippen LogP contribution in [0.3, 0.4) is 0 Å². The number of aromatic nitrogens is 2. The minimum Gasteiger partial charge on any atom is -0.436 e. The number of rotatable bonds is 3. The predicted molar refractivity (Wildman–Crippen MR) is 96.6 cm³/mol. The Balaban J connectivity index is 1.55. The number of carbonyl (C=O) groups excluding carboxylic acids is 1. The first-order valence-corrected chi connectivity index (χ1v) is 8.20. The van der Waals surface area contributed by atoms with Gasteiger partial charge in [-0.1, -0.05) is 0 Å². The highest BCUT2D eigenvalue weighted by atomic mass is 19.4. The molecule has 0 aliphatic rings. The van der Waals surface area contributed by atoms with Crippen LogP contribution in [0, 0.1) is 0 Å². The number of hydrogen-bond acceptors (Lipinski definition) is 4. The molecule has 1 N–H and O–H groups in total. The number of nitrogens with one attached hydrogen (secondary N) is 1. The molecular weight excluding hydrogens is 371 g/mol. The van der Waals surface area contributed by atoms with E-state index in [2.05, 4.69) is 15.3 Å². The summed E-state index contributed by atoms with van der Waals surface area (Å²) in [5.74, 6) is -0.106. The molecule has 4 rings (SSSR count). The summed E-state index contributed by atoms with van der Waals surface area (Å²) >= 11 is 0. The summed E-state index contributed by atoms with van der Waals surface area (Å²) in [5, 5.41) is 2.64. The highest BCUT2D eigenvalue weighted by Gasteiger charge is 2.30. The summed E-state index contributed by atoms with van der Waals surface area (Å²) < 4.78 is 43.6. The van der Waals surface area contributed by atoms with Crippen LogP contribution in [-0.4, -0.2) is 15.9 Å². The summed E-state index contributed by atoms with van der Waals surface area (Å²) in [7, 11) is 0. The molecule has 1 amide bonds. The lowest BCUT2D eigenvalue weighted by Gasteiger charge is -2.08. The van der Waals surface area contributed by atoms with Crippen LogP contribution in [-0.2, 0) is 6.18 Å². The molecule has 0 bridgehead atoms. The van der Waals surface area contributed by atoms with E-state index in [0.717, 1.165) is 29.8 Å². The van der Waals surface area contributed by atoms with Gasteiger partial charge in [0.1, 0.15) is 5.52 Å². The van der Waals surface area contributed by atoms with Crippen LogP contribution in [0.2, 0.25) is 0 Å². The van der Waals surface area contributed by atoms with Crippen molar-refractivity contribution in [1.82, 2.24) is 9.97 Å². The van der Waals surface area contributed by atoms with Gasteiger partial charge in [0, 0.05) is 35.3 Å². The van der Waals surface area contributed by atoms with Gasteiger partial charge in [-0.2, -0.15) is 13.2 Å². The highest BCUT2D eigenvalue weighted by Crippen LogP contribution is 2.29. The number of fused-ring (bicyclic) bond motifs is 1. The number of nitrogens with zero attached hydrogens (tertiary/aromatic N) is 2. The molecule has 0 aliphatic carbocycles. The van der Waals surface area contributed by atoms with Crippen molar-refractivity contribution >= 4 is 22.7 Å². The minimum absolute atomic E-state index is 0.114. The van der Waals surface area contributed by atoms with E-state index in [4.69, 9.17) is 4.42 Å². The Morgan fingerprint density at radius 2 is 1.68 bits per heavy atom. The molecule has 0 fully saturated rings. The van der Waals surface area contributed by atoms with Gasteiger partial charge in [-0.15, -0.1) is 0 Å². The van der Waals surface area contributed by atoms with E-state index in [0.29, 0.717) is 22.7 Å². The first-order chi connectivity index (χ1) is 13.4. The number of carbonyl (C=O) groups is 1. The van der Waals surface area contributed by atoms with Crippen LogP contribution in [0.15, 0.2) is 71.4 Å². The summed E-state index contributed by atoms with van der Waals surface area (Å²) in [6.07, 6.45) is -1.20. The lowest BCUT2D eigenvalue weighted by Crippen LogP contribution is -2.12. The number of hydrogen-bond donors (Lipinski definition) is 1. The number of benzene rings is 2. The topological polar surface area (TPSA) is 68.0 Å². The molecular formula is C20H12F3N3O2. The van der Waals surface area contributed by atoms with Crippen molar-refractivity contribution in [3.05, 3.63) is 78.1 Å². The number of amides is 1. The summed E-state index contributed by atoms with van der Waals surface area (Å²) in [5.41, 5.74) is 1.59. The zero-order valence-corrected chi connectivity index (χ0v) is 14.2. The van der Waals surface area contributed by atoms with E-state index < -0.39 is 17.6 Å². The number of pyridine rings is 1. The van der Waals surface area contributed by atoms with Crippen molar-refractivity contribution < 1.29 is 22.4 Å². The van der Waals surface area contributed by atoms with E-state index in [1.807, 2.05) is 0 Å². The Morgan fingerprint density at radius 3 is 2.36 bits per heavy atom. The van der Waals surface area contributed by atoms with Gasteiger partial charge >= 0.3 is 6.18 Å². The number of anilines is 1. The summed E-state index contributed by atoms with van der Waals surface area (Å²) in [4.78, 5) is 20.6. The second-order valence-electron chi connectivity index (χ2n) is 5.97. The Labute approximate surface area is 156 Å². The normalized spacial score (nSPS) is 11.5. The molecule has 2 aromatic carbocycles. The van der Waals surface area contributed by atoms with Gasteiger partial charge in [-0.05, 0) is 48.5 Å². The standard InChI is InChI=1S/C20H12F3N3O2/c21-20(22,23)14-3-1-12(2-4-14)18(27)25-15-5-6-16-17(11-15)28-19(26-16)13-7-9-24-10-8-13/h1-11H,(H,25,27). The van der Waals surface area contributed by atoms with Crippen molar-refractivity contribution in [2.24, 2.45) is 0 Å². The zero-order chi connectivity index (χ0) is 19.7. The molecule has 0 spiro atoms. The largest absolute Gasteiger partial charge is 0.436 e. The number of oxazole rings is 1. The van der Waals surface area contributed by atoms with E-state index in [1.165, 1.54) is 0 Å². The average Bonchev–Trinajstić information content (AvgIpc) is 3.11. The second-order valence-corrected chi connectivity index (χ2v) is 5.97. The maximum Gasteiger partial charge on any atom is 0.416 e. The molecule has 8 heteroatoms. The molecule has 0 aliphatic heterocycles. The first kappa shape index (κ1) is 17.7. The van der Waals surface area contributed by atoms with Crippen molar-refractivity contribution in [1.29, 1.82) is 0 Å². The van der Waals surface area contributed by atoms with E-state index in [9.17, 15) is 18.0 Å². The van der Waals surface area contributed by atoms with Crippen LogP contribution in [0.25, 0.3) is 22.6 Å². The first-order valence-electron chi connectivity index (χ1n) is 8.20. The van der Waals surface area contributed by atoms with Crippen molar-refractivity contribution in [2.75, 3.05) is 5.32 Å². The lowest BCUT2D eigenvalue weighted by molar-refractivity contribution is -0.137. The fraction of sp³-hybridized carbons (Fsp3) is 0.0500. The van der Waals surface area contributed by atoms with Gasteiger partial charge in [-0.3, -0.25) is 9.78 Å². The van der Waals surface area contributed by atoms with Gasteiger partial charge in [0.05, 0.1) is 5.56 Å². The maximum atomic E-state index is 12.6. The Morgan fingerprint density at radius 1 is 0.964 bits per heavy atom. The van der Waals surface area contributed by atoms with E-state index in [-0.39, 0.29) is 5.56 Å². The zero-order valence-electron chi connectivity index (χ0n) is 14.2. The molecule has 0 unspecified atom stereocenters. The molecule has 2 heterocycles. The van der Waals surface area contributed by atoms with Crippen LogP contribution < -0.4 is 5.32 Å². The SMILES string of the molecule is O=C(Nc1ccc2nc(-c3ccncc3)oc2c1)c1ccc(C(F)(F)F)cc1. The van der Waals surface area contributed by atoms with E-state index >= 15 is 0 Å². The van der Waals surface area contributed by atoms with Crippen LogP contribution in [0.5, 0.6) is 0 Å². The van der Waals surface area contributed by atoms with Crippen molar-refractivity contribution in [3.8, 4) is 11.5 Å². The fourth-order valence-electron chi connectivity index (χ4n) is 2.63. The van der Waals surface area contributed by atoms with Crippen LogP contribution >= 0.6 is 0 Å². The quantitative estimate of drug-likeness (QED) is 0.531. The molecule has 0 saturated heterocycles. The monoisotopic (exact) mass is 383 g/mol. The fourth-order valence-corrected chi connectivity index (χ4v) is 2.63. The Hall–Kier alpha value is -3.68. The average molecular weight is 383 g/mol. The molecule has 0 radical (unpaired) electrons. The Kier molecular flexibility index (Phi) is 4.31. The molecule has 5 nitrogen and oxygen atoms in total. The molecule has 2 aromatic heterocycles. The van der Waals surface area contributed by atoms with Crippen LogP contribution in [0.4, 0.5) is 18.9 Å². The van der Waals surface area contributed by atoms with Crippen molar-refractivity contribution in [3.63, 3.8) is 0 Å². The van der Waals surface area contributed by atoms with Gasteiger partial charge in [0.2, 0.25) is 5.89 Å². The number of alkyl halides is 3. The maximum absolute atomic E-state index is 12.6. The number of halogens is 3. The molecule has 140 valence electrons. The predicted octanol–water partition coefficient (Wildman–Crippen LogP) is 5.16. The highest BCUT2D eigenvalue weighted by molar-refractivity contribution is 6.04. The lowest BCUT2D eigenvalue weighted by atomic mass is 10.1. The van der Waals surface area contributed by atoms with Gasteiger partial charge in [0.15, 0.2) is 5.58 Å². The van der Waals surface area contributed by atoms with Crippen molar-refractivity contribution in [2.45, 2.75) is 6.18 Å². The van der Waals surface area contributed by atoms with Gasteiger partial charge in [-0.25, -0.2) is 4.98 Å².